The number of nitrogens with zero attached hydrogens (tertiary/aromatic N) is 6. The molecule has 9 nitrogen and oxygen atoms in total. The van der Waals surface area contributed by atoms with Gasteiger partial charge in [-0.05, 0) is 50.0 Å². The predicted octanol–water partition coefficient (Wildman–Crippen LogP) is 4.87. The summed E-state index contributed by atoms with van der Waals surface area (Å²) in [6.07, 6.45) is 3.50. The number of nitrogen functional groups attached to an aromatic ring is 1. The number of rotatable bonds is 5. The van der Waals surface area contributed by atoms with Crippen molar-refractivity contribution in [3.05, 3.63) is 79.8 Å². The van der Waals surface area contributed by atoms with Gasteiger partial charge in [0.1, 0.15) is 5.82 Å². The first kappa shape index (κ1) is 29.8. The van der Waals surface area contributed by atoms with Crippen LogP contribution in [-0.2, 0) is 17.8 Å². The maximum Gasteiger partial charge on any atom is 0.354 e. The molecule has 4 heterocycles. The molecule has 0 saturated carbocycles. The summed E-state index contributed by atoms with van der Waals surface area (Å²) >= 11 is 12.5. The Labute approximate surface area is 254 Å². The fourth-order valence-corrected chi connectivity index (χ4v) is 6.42. The number of benzene rings is 1. The molecule has 0 spiro atoms. The summed E-state index contributed by atoms with van der Waals surface area (Å²) in [5.74, 6) is -0.190. The smallest absolute Gasteiger partial charge is 0.354 e. The van der Waals surface area contributed by atoms with Gasteiger partial charge >= 0.3 is 5.69 Å². The summed E-state index contributed by atoms with van der Waals surface area (Å²) in [5, 5.41) is 0.0229. The van der Waals surface area contributed by atoms with Crippen molar-refractivity contribution in [3.8, 4) is 5.69 Å². The SMILES string of the molecule is C=CC(=O)N1CCN(c2nc(=O)n(-c3c(C)ccnc3C(C)C)c3c2CCN(c2c(N)c(Cl)cc(Cl)c2F)C3)[C@@H](C)C1. The van der Waals surface area contributed by atoms with Crippen LogP contribution in [0, 0.1) is 12.7 Å². The summed E-state index contributed by atoms with van der Waals surface area (Å²) < 4.78 is 17.1. The number of aromatic nitrogens is 3. The van der Waals surface area contributed by atoms with Crippen LogP contribution in [0.1, 0.15) is 49.2 Å². The van der Waals surface area contributed by atoms with Crippen molar-refractivity contribution in [3.63, 3.8) is 0 Å². The van der Waals surface area contributed by atoms with E-state index in [0.717, 1.165) is 16.8 Å². The number of hydrogen-bond acceptors (Lipinski definition) is 7. The van der Waals surface area contributed by atoms with Crippen molar-refractivity contribution >= 4 is 46.3 Å². The topological polar surface area (TPSA) is 101 Å². The lowest BCUT2D eigenvalue weighted by Gasteiger charge is -2.42. The first-order chi connectivity index (χ1) is 19.9. The standard InChI is InChI=1S/C30H34Cl2FN7O2/c1-6-23(41)37-11-12-39(18(5)14-37)29-19-8-10-38(28-24(33)20(31)13-21(32)25(28)34)15-22(19)40(30(42)36-29)27-17(4)7-9-35-26(27)16(2)3/h6-7,9,13,16,18H,1,8,10-12,14-15,34H2,2-5H3/t18-/m0/s1. The Morgan fingerprint density at radius 1 is 1.21 bits per heavy atom. The van der Waals surface area contributed by atoms with Crippen molar-refractivity contribution in [1.82, 2.24) is 19.4 Å². The number of piperazine rings is 1. The van der Waals surface area contributed by atoms with Crippen LogP contribution in [0.15, 0.2) is 35.8 Å². The van der Waals surface area contributed by atoms with Gasteiger partial charge in [-0.25, -0.2) is 9.18 Å². The van der Waals surface area contributed by atoms with E-state index in [9.17, 15) is 9.59 Å². The van der Waals surface area contributed by atoms with E-state index in [2.05, 4.69) is 21.4 Å². The Balaban J connectivity index is 1.71. The zero-order chi connectivity index (χ0) is 30.5. The molecule has 0 unspecified atom stereocenters. The highest BCUT2D eigenvalue weighted by atomic mass is 35.5. The molecule has 0 bridgehead atoms. The number of halogens is 3. The van der Waals surface area contributed by atoms with Crippen LogP contribution in [0.4, 0.5) is 21.6 Å². The average molecular weight is 615 g/mol. The largest absolute Gasteiger partial charge is 0.396 e. The second kappa shape index (κ2) is 11.6. The van der Waals surface area contributed by atoms with Gasteiger partial charge in [-0.2, -0.15) is 4.98 Å². The molecule has 0 radical (unpaired) electrons. The number of anilines is 3. The van der Waals surface area contributed by atoms with Crippen LogP contribution in [0.5, 0.6) is 0 Å². The van der Waals surface area contributed by atoms with Crippen LogP contribution < -0.4 is 21.2 Å². The van der Waals surface area contributed by atoms with Gasteiger partial charge in [0.25, 0.3) is 0 Å². The van der Waals surface area contributed by atoms with E-state index < -0.39 is 11.5 Å². The molecule has 12 heteroatoms. The van der Waals surface area contributed by atoms with Crippen LogP contribution in [0.3, 0.4) is 0 Å². The highest BCUT2D eigenvalue weighted by Gasteiger charge is 2.34. The fourth-order valence-electron chi connectivity index (χ4n) is 5.97. The van der Waals surface area contributed by atoms with E-state index in [1.165, 1.54) is 12.1 Å². The van der Waals surface area contributed by atoms with Gasteiger partial charge in [-0.1, -0.05) is 43.6 Å². The second-order valence-corrected chi connectivity index (χ2v) is 11.9. The monoisotopic (exact) mass is 613 g/mol. The molecule has 1 saturated heterocycles. The first-order valence-corrected chi connectivity index (χ1v) is 14.7. The fraction of sp³-hybridized carbons (Fsp3) is 0.400. The molecule has 1 fully saturated rings. The number of fused-ring (bicyclic) bond motifs is 1. The lowest BCUT2D eigenvalue weighted by atomic mass is 9.99. The number of aryl methyl sites for hydroxylation is 1. The maximum atomic E-state index is 15.4. The third kappa shape index (κ3) is 5.11. The van der Waals surface area contributed by atoms with E-state index in [1.807, 2.05) is 33.8 Å². The minimum atomic E-state index is -0.665. The van der Waals surface area contributed by atoms with E-state index in [-0.39, 0.29) is 45.8 Å². The summed E-state index contributed by atoms with van der Waals surface area (Å²) in [7, 11) is 0. The van der Waals surface area contributed by atoms with Crippen LogP contribution >= 0.6 is 23.2 Å². The van der Waals surface area contributed by atoms with Crippen molar-refractivity contribution in [2.45, 2.75) is 52.6 Å². The summed E-state index contributed by atoms with van der Waals surface area (Å²) in [6, 6.07) is 3.05. The highest BCUT2D eigenvalue weighted by molar-refractivity contribution is 6.37. The molecule has 2 aliphatic heterocycles. The third-order valence-corrected chi connectivity index (χ3v) is 8.65. The minimum Gasteiger partial charge on any atom is -0.396 e. The average Bonchev–Trinajstić information content (AvgIpc) is 2.95. The molecule has 1 aromatic carbocycles. The van der Waals surface area contributed by atoms with Crippen molar-refractivity contribution in [1.29, 1.82) is 0 Å². The summed E-state index contributed by atoms with van der Waals surface area (Å²) in [6.45, 7) is 13.6. The number of carbonyl (C=O) groups is 1. The summed E-state index contributed by atoms with van der Waals surface area (Å²) in [5.41, 5.74) is 9.84. The van der Waals surface area contributed by atoms with Gasteiger partial charge in [0.05, 0.1) is 45.0 Å². The zero-order valence-corrected chi connectivity index (χ0v) is 25.6. The Hall–Kier alpha value is -3.63. The molecule has 5 rings (SSSR count). The zero-order valence-electron chi connectivity index (χ0n) is 24.1. The number of amides is 1. The number of nitrogens with two attached hydrogens (primary N) is 1. The quantitative estimate of drug-likeness (QED) is 0.249. The lowest BCUT2D eigenvalue weighted by molar-refractivity contribution is -0.126. The predicted molar refractivity (Wildman–Crippen MR) is 166 cm³/mol. The van der Waals surface area contributed by atoms with E-state index in [0.29, 0.717) is 49.8 Å². The maximum absolute atomic E-state index is 15.4. The Morgan fingerprint density at radius 3 is 2.62 bits per heavy atom. The Kier molecular flexibility index (Phi) is 8.22. The minimum absolute atomic E-state index is 0.0251. The molecule has 2 aromatic heterocycles. The lowest BCUT2D eigenvalue weighted by Crippen LogP contribution is -2.54. The highest BCUT2D eigenvalue weighted by Crippen LogP contribution is 2.41. The Bertz CT molecular complexity index is 1610. The molecule has 1 amide bonds. The van der Waals surface area contributed by atoms with Crippen LogP contribution in [0.25, 0.3) is 5.69 Å². The molecule has 222 valence electrons. The molecule has 2 aliphatic rings. The van der Waals surface area contributed by atoms with Gasteiger partial charge in [0.2, 0.25) is 5.91 Å². The van der Waals surface area contributed by atoms with Gasteiger partial charge < -0.3 is 20.4 Å². The van der Waals surface area contributed by atoms with E-state index in [1.54, 1.807) is 20.6 Å². The first-order valence-electron chi connectivity index (χ1n) is 13.9. The van der Waals surface area contributed by atoms with Crippen LogP contribution in [-0.4, -0.2) is 57.6 Å². The number of pyridine rings is 1. The van der Waals surface area contributed by atoms with Gasteiger partial charge in [0.15, 0.2) is 5.82 Å². The van der Waals surface area contributed by atoms with Crippen LogP contribution in [0.2, 0.25) is 10.0 Å². The molecular weight excluding hydrogens is 580 g/mol. The molecule has 0 aliphatic carbocycles. The molecule has 42 heavy (non-hydrogen) atoms. The molecular formula is C30H34Cl2FN7O2. The molecule has 1 atom stereocenters. The normalized spacial score (nSPS) is 17.0. The van der Waals surface area contributed by atoms with Gasteiger partial charge in [0, 0.05) is 44.0 Å². The second-order valence-electron chi connectivity index (χ2n) is 11.1. The van der Waals surface area contributed by atoms with E-state index in [4.69, 9.17) is 28.9 Å². The third-order valence-electron chi connectivity index (χ3n) is 8.06. The van der Waals surface area contributed by atoms with Crippen molar-refractivity contribution in [2.24, 2.45) is 0 Å². The van der Waals surface area contributed by atoms with Crippen molar-refractivity contribution < 1.29 is 9.18 Å². The molecule has 3 aromatic rings. The number of carbonyl (C=O) groups excluding carboxylic acids is 1. The van der Waals surface area contributed by atoms with Gasteiger partial charge in [-0.3, -0.25) is 14.3 Å². The van der Waals surface area contributed by atoms with E-state index >= 15 is 4.39 Å². The van der Waals surface area contributed by atoms with Gasteiger partial charge in [-0.15, -0.1) is 0 Å². The molecule has 2 N–H and O–H groups in total. The summed E-state index contributed by atoms with van der Waals surface area (Å²) in [4.78, 5) is 41.2. The van der Waals surface area contributed by atoms with Crippen molar-refractivity contribution in [2.75, 3.05) is 41.7 Å². The Morgan fingerprint density at radius 2 is 1.95 bits per heavy atom. The number of hydrogen-bond donors (Lipinski definition) is 1.